The summed E-state index contributed by atoms with van der Waals surface area (Å²) in [5, 5.41) is 4.61. The molecule has 1 aromatic heterocycles. The maximum Gasteiger partial charge on any atom is 0.266 e. The van der Waals surface area contributed by atoms with Crippen molar-refractivity contribution in [3.05, 3.63) is 28.2 Å². The van der Waals surface area contributed by atoms with Crippen LogP contribution in [0.4, 0.5) is 0 Å². The Morgan fingerprint density at radius 3 is 2.58 bits per heavy atom. The average Bonchev–Trinajstić information content (AvgIpc) is 3.45. The van der Waals surface area contributed by atoms with Gasteiger partial charge in [-0.3, -0.25) is 4.79 Å². The zero-order valence-corrected chi connectivity index (χ0v) is 14.5. The molecule has 1 aromatic rings. The van der Waals surface area contributed by atoms with Crippen molar-refractivity contribution < 1.29 is 4.74 Å². The van der Waals surface area contributed by atoms with Crippen molar-refractivity contribution in [1.82, 2.24) is 14.7 Å². The molecule has 1 atom stereocenters. The molecule has 132 valence electrons. The van der Waals surface area contributed by atoms with Gasteiger partial charge in [0.2, 0.25) is 0 Å². The summed E-state index contributed by atoms with van der Waals surface area (Å²) in [6.07, 6.45) is 8.97. The second kappa shape index (κ2) is 7.36. The number of aromatic nitrogens is 2. The Labute approximate surface area is 144 Å². The summed E-state index contributed by atoms with van der Waals surface area (Å²) < 4.78 is 7.58. The predicted octanol–water partition coefficient (Wildman–Crippen LogP) is 2.40. The summed E-state index contributed by atoms with van der Waals surface area (Å²) in [5.74, 6) is 1.18. The second-order valence-electron chi connectivity index (χ2n) is 7.79. The quantitative estimate of drug-likeness (QED) is 0.831. The van der Waals surface area contributed by atoms with E-state index in [1.165, 1.54) is 32.1 Å². The zero-order valence-electron chi connectivity index (χ0n) is 14.5. The number of hydrogen-bond donors (Lipinski definition) is 0. The Kier molecular flexibility index (Phi) is 4.99. The lowest BCUT2D eigenvalue weighted by molar-refractivity contribution is -0.0118. The first-order chi connectivity index (χ1) is 11.8. The number of rotatable bonds is 5. The molecular weight excluding hydrogens is 302 g/mol. The van der Waals surface area contributed by atoms with Crippen LogP contribution < -0.4 is 5.56 Å². The van der Waals surface area contributed by atoms with Crippen molar-refractivity contribution in [2.45, 2.75) is 63.5 Å². The van der Waals surface area contributed by atoms with Gasteiger partial charge in [-0.2, -0.15) is 5.10 Å². The molecule has 0 amide bonds. The van der Waals surface area contributed by atoms with Gasteiger partial charge in [-0.1, -0.05) is 0 Å². The summed E-state index contributed by atoms with van der Waals surface area (Å²) in [6.45, 7) is 5.06. The van der Waals surface area contributed by atoms with Crippen LogP contribution in [0.25, 0.3) is 0 Å². The number of hydrogen-bond acceptors (Lipinski definition) is 4. The summed E-state index contributed by atoms with van der Waals surface area (Å²) in [6, 6.07) is 3.62. The number of nitrogens with zero attached hydrogens (tertiary/aromatic N) is 3. The maximum atomic E-state index is 12.1. The van der Waals surface area contributed by atoms with Crippen molar-refractivity contribution in [2.24, 2.45) is 5.92 Å². The van der Waals surface area contributed by atoms with E-state index < -0.39 is 0 Å². The first kappa shape index (κ1) is 16.3. The second-order valence-corrected chi connectivity index (χ2v) is 7.79. The molecule has 5 heteroatoms. The Balaban J connectivity index is 1.28. The van der Waals surface area contributed by atoms with Crippen molar-refractivity contribution in [1.29, 1.82) is 0 Å². The highest BCUT2D eigenvalue weighted by molar-refractivity contribution is 5.12. The SMILES string of the molecule is O=c1ccc(C2CC2)nn1CC1CCN(CC2CCCCO2)CC1. The molecule has 0 aromatic carbocycles. The smallest absolute Gasteiger partial charge is 0.266 e. The number of likely N-dealkylation sites (tertiary alicyclic amines) is 1. The topological polar surface area (TPSA) is 47.4 Å². The van der Waals surface area contributed by atoms with Gasteiger partial charge in [-0.15, -0.1) is 0 Å². The molecule has 0 radical (unpaired) electrons. The Morgan fingerprint density at radius 1 is 1.04 bits per heavy atom. The van der Waals surface area contributed by atoms with Crippen LogP contribution in [0.2, 0.25) is 0 Å². The van der Waals surface area contributed by atoms with Gasteiger partial charge < -0.3 is 9.64 Å². The fourth-order valence-corrected chi connectivity index (χ4v) is 4.03. The van der Waals surface area contributed by atoms with Crippen molar-refractivity contribution in [3.8, 4) is 0 Å². The van der Waals surface area contributed by atoms with Crippen LogP contribution in [0.15, 0.2) is 16.9 Å². The number of ether oxygens (including phenoxy) is 1. The van der Waals surface area contributed by atoms with E-state index in [4.69, 9.17) is 4.74 Å². The van der Waals surface area contributed by atoms with Gasteiger partial charge in [0.15, 0.2) is 0 Å². The molecule has 3 fully saturated rings. The molecule has 2 saturated heterocycles. The van der Waals surface area contributed by atoms with E-state index in [2.05, 4.69) is 10.00 Å². The monoisotopic (exact) mass is 331 g/mol. The Morgan fingerprint density at radius 2 is 1.88 bits per heavy atom. The standard InChI is InChI=1S/C19H29N3O2/c23-19-7-6-18(16-4-5-16)20-22(19)13-15-8-10-21(11-9-15)14-17-3-1-2-12-24-17/h6-7,15-17H,1-5,8-14H2. The average molecular weight is 331 g/mol. The van der Waals surface area contributed by atoms with Gasteiger partial charge in [0.25, 0.3) is 5.56 Å². The fraction of sp³-hybridized carbons (Fsp3) is 0.789. The first-order valence-electron chi connectivity index (χ1n) is 9.70. The normalized spacial score (nSPS) is 26.6. The molecule has 2 aliphatic heterocycles. The van der Waals surface area contributed by atoms with Crippen LogP contribution in [0.5, 0.6) is 0 Å². The minimum atomic E-state index is 0.0532. The molecule has 3 heterocycles. The molecule has 1 saturated carbocycles. The lowest BCUT2D eigenvalue weighted by Gasteiger charge is -2.35. The predicted molar refractivity (Wildman–Crippen MR) is 93.2 cm³/mol. The molecule has 0 spiro atoms. The van der Waals surface area contributed by atoms with Crippen molar-refractivity contribution in [3.63, 3.8) is 0 Å². The molecule has 0 bridgehead atoms. The molecule has 5 nitrogen and oxygen atoms in total. The Hall–Kier alpha value is -1.20. The van der Waals surface area contributed by atoms with Gasteiger partial charge >= 0.3 is 0 Å². The molecular formula is C19H29N3O2. The van der Waals surface area contributed by atoms with Crippen LogP contribution in [0, 0.1) is 5.92 Å². The van der Waals surface area contributed by atoms with E-state index in [1.807, 2.05) is 6.07 Å². The van der Waals surface area contributed by atoms with Crippen LogP contribution in [-0.2, 0) is 11.3 Å². The van der Waals surface area contributed by atoms with Gasteiger partial charge in [0, 0.05) is 31.7 Å². The van der Waals surface area contributed by atoms with Crippen LogP contribution >= 0.6 is 0 Å². The van der Waals surface area contributed by atoms with E-state index in [1.54, 1.807) is 10.7 Å². The van der Waals surface area contributed by atoms with Crippen LogP contribution in [-0.4, -0.2) is 47.0 Å². The molecule has 4 rings (SSSR count). The molecule has 24 heavy (non-hydrogen) atoms. The van der Waals surface area contributed by atoms with E-state index in [9.17, 15) is 4.79 Å². The molecule has 0 N–H and O–H groups in total. The van der Waals surface area contributed by atoms with E-state index in [-0.39, 0.29) is 5.56 Å². The van der Waals surface area contributed by atoms with Crippen LogP contribution in [0.3, 0.4) is 0 Å². The largest absolute Gasteiger partial charge is 0.377 e. The zero-order chi connectivity index (χ0) is 16.4. The maximum absolute atomic E-state index is 12.1. The third-order valence-corrected chi connectivity index (χ3v) is 5.76. The summed E-state index contributed by atoms with van der Waals surface area (Å²) in [7, 11) is 0. The van der Waals surface area contributed by atoms with Gasteiger partial charge in [-0.05, 0) is 70.0 Å². The lowest BCUT2D eigenvalue weighted by atomic mass is 9.96. The van der Waals surface area contributed by atoms with Gasteiger partial charge in [0.05, 0.1) is 11.8 Å². The minimum absolute atomic E-state index is 0.0532. The molecule has 1 unspecified atom stereocenters. The van der Waals surface area contributed by atoms with Crippen molar-refractivity contribution >= 4 is 0 Å². The van der Waals surface area contributed by atoms with Gasteiger partial charge in [-0.25, -0.2) is 4.68 Å². The highest BCUT2D eigenvalue weighted by atomic mass is 16.5. The first-order valence-corrected chi connectivity index (χ1v) is 9.70. The fourth-order valence-electron chi connectivity index (χ4n) is 4.03. The highest BCUT2D eigenvalue weighted by Gasteiger charge is 2.27. The summed E-state index contributed by atoms with van der Waals surface area (Å²) in [5.41, 5.74) is 1.17. The summed E-state index contributed by atoms with van der Waals surface area (Å²) in [4.78, 5) is 14.6. The lowest BCUT2D eigenvalue weighted by Crippen LogP contribution is -2.42. The van der Waals surface area contributed by atoms with E-state index in [0.717, 1.165) is 51.3 Å². The van der Waals surface area contributed by atoms with Gasteiger partial charge in [0.1, 0.15) is 0 Å². The Bertz CT molecular complexity index is 597. The van der Waals surface area contributed by atoms with E-state index in [0.29, 0.717) is 17.9 Å². The third kappa shape index (κ3) is 4.06. The van der Waals surface area contributed by atoms with Crippen molar-refractivity contribution in [2.75, 3.05) is 26.2 Å². The molecule has 1 aliphatic carbocycles. The number of piperidine rings is 1. The molecule has 3 aliphatic rings. The minimum Gasteiger partial charge on any atom is -0.377 e. The van der Waals surface area contributed by atoms with E-state index >= 15 is 0 Å². The third-order valence-electron chi connectivity index (χ3n) is 5.76. The summed E-state index contributed by atoms with van der Waals surface area (Å²) >= 11 is 0. The highest BCUT2D eigenvalue weighted by Crippen LogP contribution is 2.38. The van der Waals surface area contributed by atoms with Crippen LogP contribution in [0.1, 0.15) is 56.6 Å².